The van der Waals surface area contributed by atoms with E-state index < -0.39 is 17.8 Å². The summed E-state index contributed by atoms with van der Waals surface area (Å²) in [4.78, 5) is 0. The molecule has 0 rings (SSSR count). The van der Waals surface area contributed by atoms with Crippen LogP contribution in [0.15, 0.2) is 71.4 Å². The molecule has 47 heavy (non-hydrogen) atoms. The Morgan fingerprint density at radius 3 is 0.681 bits per heavy atom. The monoisotopic (exact) mass is 691 g/mol. The molecule has 0 heterocycles. The molecule has 0 atom stereocenters. The second-order valence-electron chi connectivity index (χ2n) is 13.2. The van der Waals surface area contributed by atoms with Crippen LogP contribution in [0.3, 0.4) is 0 Å². The summed E-state index contributed by atoms with van der Waals surface area (Å²) >= 11 is 0. The molecule has 0 amide bonds. The summed E-state index contributed by atoms with van der Waals surface area (Å²) in [5.41, 5.74) is 4.49. The first-order chi connectivity index (χ1) is 19.7. The quantitative estimate of drug-likeness (QED) is 0.154. The van der Waals surface area contributed by atoms with Crippen LogP contribution in [0, 0.1) is 10.8 Å². The maximum absolute atomic E-state index is 11.6. The van der Waals surface area contributed by atoms with Crippen molar-refractivity contribution in [2.75, 3.05) is 0 Å². The van der Waals surface area contributed by atoms with Gasteiger partial charge in [0.1, 0.15) is 0 Å². The zero-order chi connectivity index (χ0) is 39.0. The van der Waals surface area contributed by atoms with Gasteiger partial charge in [-0.2, -0.15) is 26.3 Å². The number of alkyl halides is 6. The van der Waals surface area contributed by atoms with E-state index in [4.69, 9.17) is 0 Å². The van der Waals surface area contributed by atoms with Gasteiger partial charge in [0.2, 0.25) is 0 Å². The van der Waals surface area contributed by atoms with E-state index in [-0.39, 0.29) is 28.7 Å². The minimum absolute atomic E-state index is 0. The maximum atomic E-state index is 11.6. The molecule has 0 aliphatic rings. The number of rotatable bonds is 2. The number of hydrogen-bond donors (Lipinski definition) is 0. The topological polar surface area (TPSA) is 0 Å². The fourth-order valence-electron chi connectivity index (χ4n) is 0.161. The molecule has 0 aromatic heterocycles. The van der Waals surface area contributed by atoms with E-state index in [9.17, 15) is 26.3 Å². The Labute approximate surface area is 293 Å². The van der Waals surface area contributed by atoms with Crippen LogP contribution in [0.2, 0.25) is 0 Å². The third-order valence-corrected chi connectivity index (χ3v) is 4.66. The smallest absolute Gasteiger partial charge is 0.170 e. The molecule has 290 valence electrons. The predicted octanol–water partition coefficient (Wildman–Crippen LogP) is 17.9. The third-order valence-electron chi connectivity index (χ3n) is 4.66. The van der Waals surface area contributed by atoms with Crippen LogP contribution >= 0.6 is 0 Å². The first-order valence-corrected chi connectivity index (χ1v) is 15.5. The predicted molar refractivity (Wildman–Crippen MR) is 210 cm³/mol. The average Bonchev–Trinajstić information content (AvgIpc) is 2.83. The summed E-state index contributed by atoms with van der Waals surface area (Å²) in [5.74, 6) is 0. The Balaban J connectivity index is -0.0000000427. The standard InChI is InChI=1S/C6H12.C6H10.C5H6F6.C5H12.2C5H10.C4H8.C3H8.2CH4/c2*1-5(2)6(3)4;1-3(2,4(6,7)8)5(9,10)11;1-5(2,3)4;2*1-4-5(2)3;1-3-4-2;1-3-2;;/h1-4H3;1,3H2,2,4H3;1-2H3;1-4H3;4H,1-3H3;2,4H2,1,3H3;3-4H,1-2H3;3H2,1-2H3;2*1H4/b;;;;;;4-3-;;;. The molecule has 0 saturated heterocycles. The molecule has 6 heteroatoms. The van der Waals surface area contributed by atoms with E-state index in [0.29, 0.717) is 5.41 Å². The van der Waals surface area contributed by atoms with Crippen LogP contribution in [-0.4, -0.2) is 12.4 Å². The van der Waals surface area contributed by atoms with Gasteiger partial charge in [0, 0.05) is 0 Å². The largest absolute Gasteiger partial charge is 0.402 e. The zero-order valence-electron chi connectivity index (χ0n) is 33.5. The fourth-order valence-corrected chi connectivity index (χ4v) is 0.161. The van der Waals surface area contributed by atoms with Gasteiger partial charge < -0.3 is 0 Å². The minimum atomic E-state index is -5.24. The van der Waals surface area contributed by atoms with Crippen molar-refractivity contribution in [3.8, 4) is 0 Å². The highest BCUT2D eigenvalue weighted by molar-refractivity contribution is 5.19. The third kappa shape index (κ3) is 92.3. The highest BCUT2D eigenvalue weighted by atomic mass is 19.4. The van der Waals surface area contributed by atoms with Crippen molar-refractivity contribution in [3.05, 3.63) is 71.4 Å². The molecular weight excluding hydrogens is 606 g/mol. The molecule has 0 saturated carbocycles. The maximum Gasteiger partial charge on any atom is 0.402 e. The average molecular weight is 691 g/mol. The normalized spacial score (nSPS) is 9.60. The summed E-state index contributed by atoms with van der Waals surface area (Å²) in [6.45, 7) is 50.9. The van der Waals surface area contributed by atoms with Crippen molar-refractivity contribution in [3.63, 3.8) is 0 Å². The molecule has 0 bridgehead atoms. The number of hydrogen-bond acceptors (Lipinski definition) is 0. The lowest BCUT2D eigenvalue weighted by Gasteiger charge is -2.29. The highest BCUT2D eigenvalue weighted by Crippen LogP contribution is 2.49. The van der Waals surface area contributed by atoms with Crippen molar-refractivity contribution in [1.29, 1.82) is 0 Å². The molecule has 0 spiro atoms. The van der Waals surface area contributed by atoms with Gasteiger partial charge in [0.15, 0.2) is 5.41 Å². The molecule has 0 radical (unpaired) electrons. The molecule has 0 aliphatic carbocycles. The highest BCUT2D eigenvalue weighted by Gasteiger charge is 2.64. The summed E-state index contributed by atoms with van der Waals surface area (Å²) in [6.07, 6.45) is -2.05. The van der Waals surface area contributed by atoms with Gasteiger partial charge in [-0.25, -0.2) is 0 Å². The van der Waals surface area contributed by atoms with Crippen molar-refractivity contribution in [2.24, 2.45) is 10.8 Å². The SMILES string of the molecule is C.C.C/C=C\C.C=C(C)C(=C)C.C=C(C)CC.CC(C)(C(F)(F)F)C(F)(F)F.CC(C)(C)C.CC(C)=C(C)C.CC=C(C)C.CCC. The Morgan fingerprint density at radius 1 is 0.532 bits per heavy atom. The summed E-state index contributed by atoms with van der Waals surface area (Å²) in [5, 5.41) is 0. The van der Waals surface area contributed by atoms with Gasteiger partial charge in [-0.3, -0.25) is 0 Å². The van der Waals surface area contributed by atoms with E-state index in [1.807, 2.05) is 53.7 Å². The van der Waals surface area contributed by atoms with Crippen molar-refractivity contribution in [1.82, 2.24) is 0 Å². The lowest BCUT2D eigenvalue weighted by Crippen LogP contribution is -2.44. The molecule has 0 aliphatic heterocycles. The Hall–Kier alpha value is -1.98. The lowest BCUT2D eigenvalue weighted by molar-refractivity contribution is -0.327. The summed E-state index contributed by atoms with van der Waals surface area (Å²) in [7, 11) is 0. The molecule has 0 aromatic rings. The minimum Gasteiger partial charge on any atom is -0.170 e. The van der Waals surface area contributed by atoms with E-state index in [1.54, 1.807) is 0 Å². The molecular formula is C41H84F6. The van der Waals surface area contributed by atoms with Gasteiger partial charge in [-0.15, -0.1) is 6.58 Å². The van der Waals surface area contributed by atoms with Gasteiger partial charge >= 0.3 is 12.4 Å². The van der Waals surface area contributed by atoms with Crippen molar-refractivity contribution < 1.29 is 26.3 Å². The molecule has 0 N–H and O–H groups in total. The molecule has 0 nitrogen and oxygen atoms in total. The second kappa shape index (κ2) is 40.2. The van der Waals surface area contributed by atoms with E-state index in [2.05, 4.69) is 116 Å². The van der Waals surface area contributed by atoms with E-state index >= 15 is 0 Å². The van der Waals surface area contributed by atoms with E-state index in [1.165, 1.54) is 28.7 Å². The fraction of sp³-hybridized carbons (Fsp3) is 0.707. The van der Waals surface area contributed by atoms with Crippen LogP contribution in [0.25, 0.3) is 0 Å². The Bertz CT molecular complexity index is 731. The van der Waals surface area contributed by atoms with Crippen molar-refractivity contribution in [2.45, 2.75) is 185 Å². The molecule has 0 unspecified atom stereocenters. The zero-order valence-corrected chi connectivity index (χ0v) is 33.5. The van der Waals surface area contributed by atoms with Crippen LogP contribution in [0.4, 0.5) is 26.3 Å². The van der Waals surface area contributed by atoms with Crippen LogP contribution in [0.5, 0.6) is 0 Å². The van der Waals surface area contributed by atoms with E-state index in [0.717, 1.165) is 17.6 Å². The molecule has 0 aromatic carbocycles. The second-order valence-corrected chi connectivity index (χ2v) is 13.2. The summed E-state index contributed by atoms with van der Waals surface area (Å²) < 4.78 is 69.7. The first kappa shape index (κ1) is 71.1. The molecule has 0 fully saturated rings. The Morgan fingerprint density at radius 2 is 0.681 bits per heavy atom. The number of halogens is 6. The van der Waals surface area contributed by atoms with Crippen LogP contribution in [0.1, 0.15) is 173 Å². The van der Waals surface area contributed by atoms with Crippen molar-refractivity contribution >= 4 is 0 Å². The number of allylic oxidation sites excluding steroid dienone is 9. The van der Waals surface area contributed by atoms with Gasteiger partial charge in [0.25, 0.3) is 0 Å². The van der Waals surface area contributed by atoms with Gasteiger partial charge in [-0.1, -0.05) is 135 Å². The Kier molecular flexibility index (Phi) is 60.8. The first-order valence-electron chi connectivity index (χ1n) is 15.5. The lowest BCUT2D eigenvalue weighted by atomic mass is 9.92. The van der Waals surface area contributed by atoms with Crippen LogP contribution < -0.4 is 0 Å². The van der Waals surface area contributed by atoms with Crippen LogP contribution in [-0.2, 0) is 0 Å². The summed E-state index contributed by atoms with van der Waals surface area (Å²) in [6, 6.07) is 0. The van der Waals surface area contributed by atoms with Gasteiger partial charge in [0.05, 0.1) is 0 Å². The van der Waals surface area contributed by atoms with Gasteiger partial charge in [-0.05, 0) is 109 Å².